The molecular weight excluding hydrogens is 482 g/mol. The van der Waals surface area contributed by atoms with Crippen LogP contribution in [0, 0.1) is 11.2 Å². The molecule has 182 valence electrons. The van der Waals surface area contributed by atoms with Crippen LogP contribution in [0.3, 0.4) is 0 Å². The summed E-state index contributed by atoms with van der Waals surface area (Å²) in [5, 5.41) is 6.20. The molecule has 8 nitrogen and oxygen atoms in total. The molecule has 3 heterocycles. The molecule has 13 heteroatoms. The quantitative estimate of drug-likeness (QED) is 0.611. The second-order valence-electron chi connectivity index (χ2n) is 9.00. The van der Waals surface area contributed by atoms with Crippen molar-refractivity contribution in [3.8, 4) is 0 Å². The van der Waals surface area contributed by atoms with E-state index in [0.29, 0.717) is 6.42 Å². The van der Waals surface area contributed by atoms with Gasteiger partial charge in [-0.3, -0.25) is 10.1 Å². The van der Waals surface area contributed by atoms with Gasteiger partial charge in [-0.05, 0) is 37.8 Å². The molecule has 5 rings (SSSR count). The summed E-state index contributed by atoms with van der Waals surface area (Å²) in [6.45, 7) is -0.402. The molecule has 1 aliphatic carbocycles. The molecular formula is C21H20ClF4N5O3. The van der Waals surface area contributed by atoms with Crippen molar-refractivity contribution in [3.63, 3.8) is 0 Å². The highest BCUT2D eigenvalue weighted by Crippen LogP contribution is 2.58. The van der Waals surface area contributed by atoms with Crippen molar-refractivity contribution in [2.75, 3.05) is 24.1 Å². The van der Waals surface area contributed by atoms with Crippen LogP contribution >= 0.6 is 11.6 Å². The summed E-state index contributed by atoms with van der Waals surface area (Å²) in [7, 11) is 0. The zero-order chi connectivity index (χ0) is 24.5. The van der Waals surface area contributed by atoms with Crippen LogP contribution in [0.2, 0.25) is 5.02 Å². The van der Waals surface area contributed by atoms with E-state index in [1.165, 1.54) is 17.0 Å². The van der Waals surface area contributed by atoms with Gasteiger partial charge in [0.05, 0.1) is 41.0 Å². The Bertz CT molecular complexity index is 1200. The van der Waals surface area contributed by atoms with Gasteiger partial charge in [-0.2, -0.15) is 18.3 Å². The summed E-state index contributed by atoms with van der Waals surface area (Å²) in [4.78, 5) is 26.8. The van der Waals surface area contributed by atoms with Gasteiger partial charge >= 0.3 is 12.3 Å². The number of nitrogens with two attached hydrogens (primary N) is 1. The van der Waals surface area contributed by atoms with Gasteiger partial charge in [0.25, 0.3) is 5.91 Å². The van der Waals surface area contributed by atoms with Crippen molar-refractivity contribution in [2.24, 2.45) is 5.41 Å². The monoisotopic (exact) mass is 501 g/mol. The van der Waals surface area contributed by atoms with Crippen molar-refractivity contribution in [1.29, 1.82) is 0 Å². The van der Waals surface area contributed by atoms with Crippen LogP contribution in [-0.4, -0.2) is 45.9 Å². The Morgan fingerprint density at radius 1 is 1.29 bits per heavy atom. The summed E-state index contributed by atoms with van der Waals surface area (Å²) in [6.07, 6.45) is -3.50. The molecule has 1 spiro atoms. The van der Waals surface area contributed by atoms with Crippen LogP contribution in [0.5, 0.6) is 0 Å². The normalized spacial score (nSPS) is 23.3. The van der Waals surface area contributed by atoms with Crippen molar-refractivity contribution in [3.05, 3.63) is 40.3 Å². The highest BCUT2D eigenvalue weighted by molar-refractivity contribution is 6.31. The van der Waals surface area contributed by atoms with Crippen molar-refractivity contribution < 1.29 is 31.9 Å². The third kappa shape index (κ3) is 3.46. The van der Waals surface area contributed by atoms with Crippen LogP contribution < -0.4 is 11.1 Å². The second-order valence-corrected chi connectivity index (χ2v) is 9.41. The minimum Gasteiger partial charge on any atom is -0.436 e. The average molecular weight is 502 g/mol. The number of halogens is 5. The Labute approximate surface area is 196 Å². The first-order valence-corrected chi connectivity index (χ1v) is 11.0. The Morgan fingerprint density at radius 2 is 2.03 bits per heavy atom. The topological polar surface area (TPSA) is 102 Å². The summed E-state index contributed by atoms with van der Waals surface area (Å²) in [5.74, 6) is -1.54. The SMILES string of the molecule is Nc1c(C(=O)N2CCC[C@@]3(C2)OC(=O)Nc2ccc(Cl)c(F)c23)cnn1CC1(C(F)(F)F)CC1. The van der Waals surface area contributed by atoms with Crippen LogP contribution in [0.25, 0.3) is 0 Å². The highest BCUT2D eigenvalue weighted by atomic mass is 35.5. The summed E-state index contributed by atoms with van der Waals surface area (Å²) < 4.78 is 61.6. The van der Waals surface area contributed by atoms with Gasteiger partial charge in [0.1, 0.15) is 11.4 Å². The molecule has 2 aliphatic heterocycles. The number of benzene rings is 1. The molecule has 2 fully saturated rings. The number of rotatable bonds is 3. The predicted octanol–water partition coefficient (Wildman–Crippen LogP) is 4.29. The molecule has 2 aromatic rings. The first-order chi connectivity index (χ1) is 16.0. The Balaban J connectivity index is 1.43. The lowest BCUT2D eigenvalue weighted by Gasteiger charge is -2.45. The average Bonchev–Trinajstić information content (AvgIpc) is 3.48. The van der Waals surface area contributed by atoms with Crippen LogP contribution in [0.4, 0.5) is 33.9 Å². The van der Waals surface area contributed by atoms with Gasteiger partial charge in [-0.15, -0.1) is 0 Å². The van der Waals surface area contributed by atoms with Crippen LogP contribution in [0.1, 0.15) is 41.6 Å². The number of amides is 2. The van der Waals surface area contributed by atoms with Gasteiger partial charge in [0.2, 0.25) is 0 Å². The largest absolute Gasteiger partial charge is 0.436 e. The van der Waals surface area contributed by atoms with Crippen molar-refractivity contribution in [2.45, 2.75) is 44.0 Å². The predicted molar refractivity (Wildman–Crippen MR) is 113 cm³/mol. The van der Waals surface area contributed by atoms with E-state index in [-0.39, 0.29) is 60.0 Å². The van der Waals surface area contributed by atoms with Crippen molar-refractivity contribution >= 4 is 35.1 Å². The molecule has 1 saturated heterocycles. The zero-order valence-corrected chi connectivity index (χ0v) is 18.5. The Morgan fingerprint density at radius 3 is 2.71 bits per heavy atom. The first kappa shape index (κ1) is 22.8. The highest BCUT2D eigenvalue weighted by Gasteiger charge is 2.63. The number of piperidine rings is 1. The van der Waals surface area contributed by atoms with Crippen LogP contribution in [-0.2, 0) is 16.9 Å². The molecule has 0 unspecified atom stereocenters. The molecule has 3 aliphatic rings. The molecule has 1 atom stereocenters. The van der Waals surface area contributed by atoms with E-state index in [4.69, 9.17) is 22.1 Å². The lowest BCUT2D eigenvalue weighted by atomic mass is 9.83. The van der Waals surface area contributed by atoms with E-state index in [0.717, 1.165) is 10.9 Å². The lowest BCUT2D eigenvalue weighted by Crippen LogP contribution is -2.53. The summed E-state index contributed by atoms with van der Waals surface area (Å²) in [5.41, 5.74) is 2.83. The Hall–Kier alpha value is -3.02. The molecule has 2 amide bonds. The van der Waals surface area contributed by atoms with E-state index in [1.807, 2.05) is 0 Å². The number of aromatic nitrogens is 2. The summed E-state index contributed by atoms with van der Waals surface area (Å²) in [6, 6.07) is 2.77. The maximum absolute atomic E-state index is 15.0. The number of carbonyl (C=O) groups excluding carboxylic acids is 2. The van der Waals surface area contributed by atoms with Gasteiger partial charge in [0.15, 0.2) is 11.4 Å². The minimum absolute atomic E-state index is 0.0271. The zero-order valence-electron chi connectivity index (χ0n) is 17.7. The smallest absolute Gasteiger partial charge is 0.412 e. The molecule has 34 heavy (non-hydrogen) atoms. The van der Waals surface area contributed by atoms with E-state index in [9.17, 15) is 22.8 Å². The fourth-order valence-electron chi connectivity index (χ4n) is 4.77. The maximum atomic E-state index is 15.0. The molecule has 1 aromatic carbocycles. The molecule has 1 aromatic heterocycles. The molecule has 0 bridgehead atoms. The fourth-order valence-corrected chi connectivity index (χ4v) is 4.93. The second kappa shape index (κ2) is 7.49. The van der Waals surface area contributed by atoms with E-state index in [2.05, 4.69) is 10.4 Å². The Kier molecular flexibility index (Phi) is 5.01. The number of nitrogens with zero attached hydrogens (tertiary/aromatic N) is 3. The lowest BCUT2D eigenvalue weighted by molar-refractivity contribution is -0.191. The number of hydrogen-bond donors (Lipinski definition) is 2. The van der Waals surface area contributed by atoms with E-state index in [1.54, 1.807) is 0 Å². The minimum atomic E-state index is -4.40. The third-order valence-corrected chi connectivity index (χ3v) is 7.13. The molecule has 1 saturated carbocycles. The van der Waals surface area contributed by atoms with Gasteiger partial charge in [-0.1, -0.05) is 11.6 Å². The van der Waals surface area contributed by atoms with E-state index >= 15 is 4.39 Å². The number of anilines is 2. The molecule has 3 N–H and O–H groups in total. The summed E-state index contributed by atoms with van der Waals surface area (Å²) >= 11 is 5.96. The number of nitrogens with one attached hydrogen (secondary N) is 1. The van der Waals surface area contributed by atoms with Gasteiger partial charge in [-0.25, -0.2) is 13.9 Å². The number of likely N-dealkylation sites (tertiary alicyclic amines) is 1. The van der Waals surface area contributed by atoms with Crippen molar-refractivity contribution in [1.82, 2.24) is 14.7 Å². The number of ether oxygens (including phenoxy) is 1. The van der Waals surface area contributed by atoms with Gasteiger partial charge in [0, 0.05) is 6.54 Å². The molecule has 0 radical (unpaired) electrons. The van der Waals surface area contributed by atoms with E-state index < -0.39 is 41.6 Å². The number of fused-ring (bicyclic) bond motifs is 2. The van der Waals surface area contributed by atoms with Crippen LogP contribution in [0.15, 0.2) is 18.3 Å². The van der Waals surface area contributed by atoms with Gasteiger partial charge < -0.3 is 15.4 Å². The number of nitrogen functional groups attached to an aromatic ring is 1. The number of carbonyl (C=O) groups is 2. The number of hydrogen-bond acceptors (Lipinski definition) is 5. The maximum Gasteiger partial charge on any atom is 0.412 e. The standard InChI is InChI=1S/C21H20ClF4N5O3/c22-12-2-3-13-14(15(12)23)20(34-18(33)29-13)4-1-7-30(10-20)17(32)11-8-28-31(16(11)27)9-19(5-6-19)21(24,25)26/h2-3,8H,1,4-7,9-10,27H2,(H,29,33)/t20-/m0/s1. The number of alkyl halides is 3. The third-order valence-electron chi connectivity index (χ3n) is 6.84. The first-order valence-electron chi connectivity index (χ1n) is 10.6. The fraction of sp³-hybridized carbons (Fsp3) is 0.476.